The van der Waals surface area contributed by atoms with E-state index >= 15 is 0 Å². The number of sulfonamides is 1. The van der Waals surface area contributed by atoms with E-state index in [-0.39, 0.29) is 24.5 Å². The van der Waals surface area contributed by atoms with Gasteiger partial charge < -0.3 is 10.1 Å². The first-order chi connectivity index (χ1) is 10.3. The number of halogens is 1. The van der Waals surface area contributed by atoms with E-state index in [9.17, 15) is 22.4 Å². The minimum Gasteiger partial charge on any atom is -0.465 e. The summed E-state index contributed by atoms with van der Waals surface area (Å²) in [4.78, 5) is 22.7. The third-order valence-corrected chi connectivity index (χ3v) is 3.83. The van der Waals surface area contributed by atoms with E-state index in [2.05, 4.69) is 14.8 Å². The van der Waals surface area contributed by atoms with Crippen molar-refractivity contribution in [2.75, 3.05) is 25.4 Å². The molecule has 0 aliphatic heterocycles. The van der Waals surface area contributed by atoms with Crippen molar-refractivity contribution in [3.05, 3.63) is 35.6 Å². The number of ether oxygens (including phenoxy) is 1. The largest absolute Gasteiger partial charge is 0.465 e. The molecule has 122 valence electrons. The standard InChI is InChI=1S/C13H17FN2O5S/c1-2-21-12(17)9-16-22(19,20)8-7-15-13(18)10-3-5-11(14)6-4-10/h3-6,16H,2,7-9H2,1H3,(H,15,18). The molecule has 0 aliphatic rings. The molecule has 0 fully saturated rings. The van der Waals surface area contributed by atoms with E-state index in [0.29, 0.717) is 0 Å². The fraction of sp³-hybridized carbons (Fsp3) is 0.385. The van der Waals surface area contributed by atoms with Crippen LogP contribution in [-0.2, 0) is 19.6 Å². The molecule has 0 heterocycles. The minimum atomic E-state index is -3.71. The van der Waals surface area contributed by atoms with Crippen LogP contribution in [0.3, 0.4) is 0 Å². The monoisotopic (exact) mass is 332 g/mol. The number of carbonyl (C=O) groups is 2. The van der Waals surface area contributed by atoms with Crippen LogP contribution in [0, 0.1) is 5.82 Å². The Labute approximate surface area is 127 Å². The highest BCUT2D eigenvalue weighted by molar-refractivity contribution is 7.89. The highest BCUT2D eigenvalue weighted by atomic mass is 32.2. The van der Waals surface area contributed by atoms with Crippen molar-refractivity contribution in [2.24, 2.45) is 0 Å². The molecule has 0 saturated carbocycles. The lowest BCUT2D eigenvalue weighted by atomic mass is 10.2. The Kier molecular flexibility index (Phi) is 6.93. The number of amides is 1. The van der Waals surface area contributed by atoms with Crippen LogP contribution >= 0.6 is 0 Å². The topological polar surface area (TPSA) is 102 Å². The maximum atomic E-state index is 12.7. The lowest BCUT2D eigenvalue weighted by Gasteiger charge is -2.08. The first-order valence-corrected chi connectivity index (χ1v) is 8.16. The van der Waals surface area contributed by atoms with Gasteiger partial charge in [-0.3, -0.25) is 9.59 Å². The van der Waals surface area contributed by atoms with E-state index in [4.69, 9.17) is 0 Å². The van der Waals surface area contributed by atoms with Gasteiger partial charge in [0.05, 0.1) is 12.4 Å². The van der Waals surface area contributed by atoms with Gasteiger partial charge in [-0.2, -0.15) is 0 Å². The van der Waals surface area contributed by atoms with Crippen LogP contribution in [-0.4, -0.2) is 45.7 Å². The first-order valence-electron chi connectivity index (χ1n) is 6.51. The zero-order valence-corrected chi connectivity index (χ0v) is 12.8. The van der Waals surface area contributed by atoms with Crippen LogP contribution in [0.1, 0.15) is 17.3 Å². The van der Waals surface area contributed by atoms with Crippen LogP contribution in [0.5, 0.6) is 0 Å². The molecule has 0 bridgehead atoms. The fourth-order valence-electron chi connectivity index (χ4n) is 1.46. The molecule has 22 heavy (non-hydrogen) atoms. The zero-order chi connectivity index (χ0) is 16.6. The summed E-state index contributed by atoms with van der Waals surface area (Å²) >= 11 is 0. The molecule has 1 aromatic carbocycles. The van der Waals surface area contributed by atoms with Gasteiger partial charge in [0.1, 0.15) is 12.4 Å². The van der Waals surface area contributed by atoms with Gasteiger partial charge in [-0.15, -0.1) is 0 Å². The smallest absolute Gasteiger partial charge is 0.320 e. The van der Waals surface area contributed by atoms with Crippen LogP contribution < -0.4 is 10.0 Å². The van der Waals surface area contributed by atoms with Crippen LogP contribution in [0.2, 0.25) is 0 Å². The predicted molar refractivity (Wildman–Crippen MR) is 77.2 cm³/mol. The van der Waals surface area contributed by atoms with Gasteiger partial charge in [0.15, 0.2) is 0 Å². The Morgan fingerprint density at radius 1 is 1.23 bits per heavy atom. The Morgan fingerprint density at radius 3 is 2.45 bits per heavy atom. The van der Waals surface area contributed by atoms with E-state index in [1.807, 2.05) is 0 Å². The zero-order valence-electron chi connectivity index (χ0n) is 12.0. The summed E-state index contributed by atoms with van der Waals surface area (Å²) in [5.41, 5.74) is 0.221. The Balaban J connectivity index is 2.37. The molecule has 7 nitrogen and oxygen atoms in total. The van der Waals surface area contributed by atoms with Gasteiger partial charge in [-0.05, 0) is 31.2 Å². The van der Waals surface area contributed by atoms with Crippen LogP contribution in [0.25, 0.3) is 0 Å². The summed E-state index contributed by atoms with van der Waals surface area (Å²) < 4.78 is 42.5. The number of hydrogen-bond donors (Lipinski definition) is 2. The number of rotatable bonds is 8. The molecule has 0 aromatic heterocycles. The number of nitrogens with one attached hydrogen (secondary N) is 2. The van der Waals surface area contributed by atoms with Gasteiger partial charge in [0.25, 0.3) is 5.91 Å². The number of benzene rings is 1. The third kappa shape index (κ3) is 6.64. The molecular formula is C13H17FN2O5S. The normalized spacial score (nSPS) is 11.0. The Bertz CT molecular complexity index is 616. The van der Waals surface area contributed by atoms with Gasteiger partial charge in [-0.1, -0.05) is 0 Å². The van der Waals surface area contributed by atoms with E-state index in [1.165, 1.54) is 12.1 Å². The highest BCUT2D eigenvalue weighted by Crippen LogP contribution is 2.02. The lowest BCUT2D eigenvalue weighted by molar-refractivity contribution is -0.141. The summed E-state index contributed by atoms with van der Waals surface area (Å²) in [6, 6.07) is 4.84. The number of carbonyl (C=O) groups excluding carboxylic acids is 2. The molecule has 0 unspecified atom stereocenters. The summed E-state index contributed by atoms with van der Waals surface area (Å²) in [5, 5.41) is 2.39. The number of hydrogen-bond acceptors (Lipinski definition) is 5. The molecule has 1 amide bonds. The first kappa shape index (κ1) is 18.1. The summed E-state index contributed by atoms with van der Waals surface area (Å²) in [5.74, 6) is -2.05. The molecule has 0 saturated heterocycles. The average molecular weight is 332 g/mol. The van der Waals surface area contributed by atoms with Crippen molar-refractivity contribution in [1.29, 1.82) is 0 Å². The summed E-state index contributed by atoms with van der Waals surface area (Å²) in [7, 11) is -3.71. The average Bonchev–Trinajstić information content (AvgIpc) is 2.46. The summed E-state index contributed by atoms with van der Waals surface area (Å²) in [6.07, 6.45) is 0. The molecular weight excluding hydrogens is 315 g/mol. The van der Waals surface area contributed by atoms with Crippen molar-refractivity contribution in [2.45, 2.75) is 6.92 Å². The van der Waals surface area contributed by atoms with E-state index < -0.39 is 34.3 Å². The summed E-state index contributed by atoms with van der Waals surface area (Å²) in [6.45, 7) is 1.17. The molecule has 0 atom stereocenters. The van der Waals surface area contributed by atoms with Crippen molar-refractivity contribution in [1.82, 2.24) is 10.0 Å². The molecule has 0 aliphatic carbocycles. The van der Waals surface area contributed by atoms with Gasteiger partial charge in [0.2, 0.25) is 10.0 Å². The van der Waals surface area contributed by atoms with Gasteiger partial charge in [-0.25, -0.2) is 17.5 Å². The maximum Gasteiger partial charge on any atom is 0.320 e. The maximum absolute atomic E-state index is 12.7. The molecule has 0 spiro atoms. The van der Waals surface area contributed by atoms with Crippen LogP contribution in [0.4, 0.5) is 4.39 Å². The van der Waals surface area contributed by atoms with Crippen molar-refractivity contribution in [3.8, 4) is 0 Å². The second kappa shape index (κ2) is 8.44. The molecule has 1 aromatic rings. The molecule has 1 rings (SSSR count). The van der Waals surface area contributed by atoms with Crippen molar-refractivity contribution in [3.63, 3.8) is 0 Å². The second-order valence-electron chi connectivity index (χ2n) is 4.21. The van der Waals surface area contributed by atoms with Gasteiger partial charge in [0, 0.05) is 12.1 Å². The highest BCUT2D eigenvalue weighted by Gasteiger charge is 2.13. The van der Waals surface area contributed by atoms with Crippen molar-refractivity contribution < 1.29 is 27.1 Å². The van der Waals surface area contributed by atoms with E-state index in [1.54, 1.807) is 6.92 Å². The fourth-order valence-corrected chi connectivity index (χ4v) is 2.31. The predicted octanol–water partition coefficient (Wildman–Crippen LogP) is 0.0380. The van der Waals surface area contributed by atoms with Crippen LogP contribution in [0.15, 0.2) is 24.3 Å². The number of esters is 1. The molecule has 0 radical (unpaired) electrons. The molecule has 9 heteroatoms. The molecule has 2 N–H and O–H groups in total. The quantitative estimate of drug-likeness (QED) is 0.655. The Hall–Kier alpha value is -2.00. The third-order valence-electron chi connectivity index (χ3n) is 2.50. The lowest BCUT2D eigenvalue weighted by Crippen LogP contribution is -2.37. The Morgan fingerprint density at radius 2 is 1.86 bits per heavy atom. The second-order valence-corrected chi connectivity index (χ2v) is 6.13. The minimum absolute atomic E-state index is 0.144. The van der Waals surface area contributed by atoms with Crippen molar-refractivity contribution >= 4 is 21.9 Å². The SMILES string of the molecule is CCOC(=O)CNS(=O)(=O)CCNC(=O)c1ccc(F)cc1. The van der Waals surface area contributed by atoms with E-state index in [0.717, 1.165) is 12.1 Å². The van der Waals surface area contributed by atoms with Gasteiger partial charge >= 0.3 is 5.97 Å².